The van der Waals surface area contributed by atoms with Crippen LogP contribution in [0.15, 0.2) is 51.3 Å². The number of halogens is 2. The predicted molar refractivity (Wildman–Crippen MR) is 182 cm³/mol. The molecule has 3 aromatic rings. The predicted octanol–water partition coefficient (Wildman–Crippen LogP) is 5.17. The number of ether oxygens (including phenoxy) is 4. The molecule has 2 aromatic carbocycles. The highest BCUT2D eigenvalue weighted by Gasteiger charge is 2.61. The molecule has 2 aliphatic rings. The van der Waals surface area contributed by atoms with Crippen LogP contribution in [0, 0.1) is 5.92 Å². The number of carbonyl (C=O) groups is 3. The van der Waals surface area contributed by atoms with Crippen LogP contribution in [-0.4, -0.2) is 83.6 Å². The molecule has 0 fully saturated rings. The smallest absolute Gasteiger partial charge is 0.231 e. The Kier molecular flexibility index (Phi) is 10.9. The van der Waals surface area contributed by atoms with Gasteiger partial charge in [-0.05, 0) is 39.9 Å². The molecule has 3 atom stereocenters. The number of anilines is 1. The van der Waals surface area contributed by atoms with Crippen LogP contribution in [0.5, 0.6) is 17.2 Å². The number of methoxy groups -OCH3 is 3. The Morgan fingerprint density at radius 2 is 1.92 bits per heavy atom. The van der Waals surface area contributed by atoms with Crippen molar-refractivity contribution in [1.82, 2.24) is 20.1 Å². The number of thioether (sulfide) groups is 1. The van der Waals surface area contributed by atoms with Gasteiger partial charge < -0.3 is 34.7 Å². The van der Waals surface area contributed by atoms with Crippen LogP contribution in [-0.2, 0) is 21.1 Å². The summed E-state index contributed by atoms with van der Waals surface area (Å²) in [5.41, 5.74) is -1.40. The summed E-state index contributed by atoms with van der Waals surface area (Å²) in [6, 6.07) is 8.83. The van der Waals surface area contributed by atoms with Gasteiger partial charge in [-0.3, -0.25) is 14.4 Å². The summed E-state index contributed by atoms with van der Waals surface area (Å²) in [4.78, 5) is 46.8. The summed E-state index contributed by atoms with van der Waals surface area (Å²) < 4.78 is 24.2. The van der Waals surface area contributed by atoms with Crippen molar-refractivity contribution < 1.29 is 38.4 Å². The molecule has 13 nitrogen and oxygen atoms in total. The third-order valence-corrected chi connectivity index (χ3v) is 9.83. The van der Waals surface area contributed by atoms with E-state index in [4.69, 9.17) is 30.5 Å². The number of hydrogen-bond acceptors (Lipinski definition) is 12. The standard InChI is InChI=1S/C32H35BrClN5O8S/c1-16-12-20(40)24(28(42)32(16)29(43)25-21(45-3)14-22(46-4)26(34)27(25)47-32)19(17-6-8-18(48-5)9-7-17)13-23(41)35-10-11-36-31-37-30(33)38-39(31)15-44-2/h6-9,14,16,19,42H,10-13,15H2,1-5H3,(H,35,41)(H,36,37,38)/t16-,19?,32+/m1/s1. The zero-order chi connectivity index (χ0) is 34.7. The summed E-state index contributed by atoms with van der Waals surface area (Å²) in [6.07, 6.45) is 1.61. The SMILES string of the molecule is COCn1nc(Br)nc1NCCNC(=O)CC(C1=C(O)[C@@]2(Oc3c(Cl)c(OC)cc(OC)c3C2=O)[C@H](C)CC1=O)c1ccc(SC)cc1. The van der Waals surface area contributed by atoms with Gasteiger partial charge in [0, 0.05) is 61.4 Å². The minimum absolute atomic E-state index is 0.00977. The Hall–Kier alpha value is -3.79. The number of amides is 1. The second-order valence-electron chi connectivity index (χ2n) is 11.2. The largest absolute Gasteiger partial charge is 0.507 e. The van der Waals surface area contributed by atoms with E-state index in [9.17, 15) is 19.5 Å². The Balaban J connectivity index is 1.48. The van der Waals surface area contributed by atoms with Crippen molar-refractivity contribution in [1.29, 1.82) is 0 Å². The third-order valence-electron chi connectivity index (χ3n) is 8.40. The fourth-order valence-corrected chi connectivity index (χ4v) is 7.08. The van der Waals surface area contributed by atoms with Crippen molar-refractivity contribution >= 4 is 62.7 Å². The maximum atomic E-state index is 14.3. The molecule has 0 saturated carbocycles. The number of allylic oxidation sites excluding steroid dienone is 1. The van der Waals surface area contributed by atoms with Crippen LogP contribution in [0.1, 0.15) is 41.6 Å². The summed E-state index contributed by atoms with van der Waals surface area (Å²) in [6.45, 7) is 2.36. The lowest BCUT2D eigenvalue weighted by Gasteiger charge is -2.38. The first-order chi connectivity index (χ1) is 23.0. The van der Waals surface area contributed by atoms with E-state index in [1.165, 1.54) is 43.8 Å². The van der Waals surface area contributed by atoms with E-state index in [0.29, 0.717) is 22.8 Å². The van der Waals surface area contributed by atoms with Crippen molar-refractivity contribution in [3.8, 4) is 17.2 Å². The number of nitrogens with one attached hydrogen (secondary N) is 2. The maximum Gasteiger partial charge on any atom is 0.231 e. The van der Waals surface area contributed by atoms with Gasteiger partial charge in [-0.25, -0.2) is 4.68 Å². The maximum absolute atomic E-state index is 14.3. The van der Waals surface area contributed by atoms with Gasteiger partial charge in [-0.1, -0.05) is 30.7 Å². The van der Waals surface area contributed by atoms with Crippen molar-refractivity contribution in [3.05, 3.63) is 62.5 Å². The molecule has 0 saturated heterocycles. The van der Waals surface area contributed by atoms with Gasteiger partial charge in [0.1, 0.15) is 28.8 Å². The van der Waals surface area contributed by atoms with Gasteiger partial charge in [0.15, 0.2) is 17.3 Å². The highest BCUT2D eigenvalue weighted by Crippen LogP contribution is 2.55. The van der Waals surface area contributed by atoms with E-state index in [1.807, 2.05) is 18.4 Å². The fourth-order valence-electron chi connectivity index (χ4n) is 6.05. The molecular weight excluding hydrogens is 730 g/mol. The molecule has 48 heavy (non-hydrogen) atoms. The number of fused-ring (bicyclic) bond motifs is 1. The number of aliphatic hydroxyl groups excluding tert-OH is 1. The summed E-state index contributed by atoms with van der Waals surface area (Å²) in [5, 5.41) is 22.2. The Labute approximate surface area is 294 Å². The summed E-state index contributed by atoms with van der Waals surface area (Å²) in [5.74, 6) is -2.82. The number of ketones is 2. The molecule has 256 valence electrons. The van der Waals surface area contributed by atoms with Crippen molar-refractivity contribution in [2.24, 2.45) is 5.92 Å². The van der Waals surface area contributed by atoms with Crippen LogP contribution in [0.2, 0.25) is 5.02 Å². The van der Waals surface area contributed by atoms with Gasteiger partial charge in [0.25, 0.3) is 0 Å². The van der Waals surface area contributed by atoms with E-state index in [2.05, 4.69) is 36.6 Å². The van der Waals surface area contributed by atoms with Gasteiger partial charge in [-0.2, -0.15) is 4.98 Å². The van der Waals surface area contributed by atoms with Gasteiger partial charge in [0.05, 0.1) is 14.2 Å². The molecule has 5 rings (SSSR count). The number of Topliss-reactive ketones (excluding diaryl/α,β-unsaturated/α-hetero) is 2. The van der Waals surface area contributed by atoms with Gasteiger partial charge in [0.2, 0.25) is 28.0 Å². The summed E-state index contributed by atoms with van der Waals surface area (Å²) in [7, 11) is 4.34. The Bertz CT molecular complexity index is 1770. The van der Waals surface area contributed by atoms with Gasteiger partial charge >= 0.3 is 0 Å². The molecule has 3 N–H and O–H groups in total. The fraction of sp³-hybridized carbons (Fsp3) is 0.406. The topological polar surface area (TPSA) is 163 Å². The number of rotatable bonds is 13. The molecule has 1 amide bonds. The minimum Gasteiger partial charge on any atom is -0.507 e. The zero-order valence-electron chi connectivity index (χ0n) is 26.9. The van der Waals surface area contributed by atoms with E-state index in [1.54, 1.807) is 19.1 Å². The number of aromatic nitrogens is 3. The van der Waals surface area contributed by atoms with Crippen LogP contribution in [0.4, 0.5) is 5.95 Å². The minimum atomic E-state index is -1.97. The molecule has 2 heterocycles. The normalized spacial score (nSPS) is 19.3. The second kappa shape index (κ2) is 14.8. The van der Waals surface area contributed by atoms with E-state index >= 15 is 0 Å². The van der Waals surface area contributed by atoms with Crippen LogP contribution >= 0.6 is 39.3 Å². The first-order valence-electron chi connectivity index (χ1n) is 14.9. The van der Waals surface area contributed by atoms with E-state index in [-0.39, 0.29) is 65.4 Å². The number of aliphatic hydroxyl groups is 1. The quantitative estimate of drug-likeness (QED) is 0.155. The van der Waals surface area contributed by atoms with Crippen LogP contribution < -0.4 is 24.8 Å². The van der Waals surface area contributed by atoms with Crippen molar-refractivity contribution in [2.45, 2.75) is 42.9 Å². The third kappa shape index (κ3) is 6.48. The molecule has 0 bridgehead atoms. The summed E-state index contributed by atoms with van der Waals surface area (Å²) >= 11 is 11.4. The number of carbonyl (C=O) groups excluding carboxylic acids is 3. The lowest BCUT2D eigenvalue weighted by molar-refractivity contribution is -0.121. The van der Waals surface area contributed by atoms with Gasteiger partial charge in [-0.15, -0.1) is 16.9 Å². The number of nitrogens with zero attached hydrogens (tertiary/aromatic N) is 3. The molecule has 16 heteroatoms. The van der Waals surface area contributed by atoms with E-state index in [0.717, 1.165) is 4.90 Å². The molecule has 0 radical (unpaired) electrons. The Morgan fingerprint density at radius 3 is 2.56 bits per heavy atom. The lowest BCUT2D eigenvalue weighted by Crippen LogP contribution is -2.53. The average molecular weight is 765 g/mol. The molecule has 1 aromatic heterocycles. The highest BCUT2D eigenvalue weighted by atomic mass is 79.9. The highest BCUT2D eigenvalue weighted by molar-refractivity contribution is 9.10. The number of benzene rings is 2. The molecule has 1 aliphatic carbocycles. The monoisotopic (exact) mass is 763 g/mol. The van der Waals surface area contributed by atoms with Crippen molar-refractivity contribution in [2.75, 3.05) is 46.0 Å². The second-order valence-corrected chi connectivity index (χ2v) is 13.2. The molecule has 1 spiro atoms. The molecule has 1 aliphatic heterocycles. The first-order valence-corrected chi connectivity index (χ1v) is 17.3. The Morgan fingerprint density at radius 1 is 1.21 bits per heavy atom. The molecular formula is C32H35BrClN5O8S. The zero-order valence-corrected chi connectivity index (χ0v) is 30.0. The average Bonchev–Trinajstić information content (AvgIpc) is 3.59. The lowest BCUT2D eigenvalue weighted by atomic mass is 9.69. The van der Waals surface area contributed by atoms with Crippen LogP contribution in [0.3, 0.4) is 0 Å². The van der Waals surface area contributed by atoms with Crippen molar-refractivity contribution in [3.63, 3.8) is 0 Å². The van der Waals surface area contributed by atoms with E-state index < -0.39 is 34.8 Å². The number of hydrogen-bond donors (Lipinski definition) is 3. The molecule has 1 unspecified atom stereocenters. The first kappa shape index (κ1) is 35.5. The van der Waals surface area contributed by atoms with Crippen LogP contribution in [0.25, 0.3) is 0 Å².